The van der Waals surface area contributed by atoms with Gasteiger partial charge < -0.3 is 19.5 Å². The molecular formula is C19H19NO5. The number of nitrogens with zero attached hydrogens (tertiary/aromatic N) is 1. The normalized spacial score (nSPS) is 35.1. The van der Waals surface area contributed by atoms with Crippen LogP contribution in [0, 0.1) is 11.8 Å². The Balaban J connectivity index is 1.80. The molecule has 2 saturated heterocycles. The van der Waals surface area contributed by atoms with Gasteiger partial charge >= 0.3 is 5.97 Å². The van der Waals surface area contributed by atoms with Crippen molar-refractivity contribution in [2.24, 2.45) is 11.8 Å². The van der Waals surface area contributed by atoms with Crippen molar-refractivity contribution in [2.45, 2.75) is 24.2 Å². The monoisotopic (exact) mass is 341 g/mol. The third-order valence-corrected chi connectivity index (χ3v) is 5.45. The number of ether oxygens (including phenoxy) is 2. The summed E-state index contributed by atoms with van der Waals surface area (Å²) >= 11 is 0. The first-order chi connectivity index (χ1) is 12.0. The van der Waals surface area contributed by atoms with Gasteiger partial charge in [0.15, 0.2) is 0 Å². The Morgan fingerprint density at radius 3 is 2.76 bits per heavy atom. The highest BCUT2D eigenvalue weighted by atomic mass is 16.5. The maximum Gasteiger partial charge on any atom is 0.310 e. The first-order valence-corrected chi connectivity index (χ1v) is 8.21. The van der Waals surface area contributed by atoms with E-state index in [1.165, 1.54) is 0 Å². The Kier molecular flexibility index (Phi) is 3.47. The minimum Gasteiger partial charge on any atom is -0.497 e. The number of rotatable bonds is 5. The summed E-state index contributed by atoms with van der Waals surface area (Å²) in [6.07, 6.45) is 5.35. The van der Waals surface area contributed by atoms with Gasteiger partial charge in [-0.3, -0.25) is 9.59 Å². The lowest BCUT2D eigenvalue weighted by Crippen LogP contribution is -2.45. The van der Waals surface area contributed by atoms with E-state index >= 15 is 0 Å². The van der Waals surface area contributed by atoms with Gasteiger partial charge in [0.1, 0.15) is 17.3 Å². The Morgan fingerprint density at radius 2 is 2.16 bits per heavy atom. The van der Waals surface area contributed by atoms with Crippen molar-refractivity contribution in [2.75, 3.05) is 12.0 Å². The lowest BCUT2D eigenvalue weighted by atomic mass is 9.74. The molecule has 2 fully saturated rings. The van der Waals surface area contributed by atoms with Gasteiger partial charge in [0.25, 0.3) is 0 Å². The number of carbonyl (C=O) groups excluding carboxylic acids is 1. The molecule has 3 aliphatic heterocycles. The summed E-state index contributed by atoms with van der Waals surface area (Å²) in [6, 6.07) is 6.85. The van der Waals surface area contributed by atoms with Crippen molar-refractivity contribution in [3.63, 3.8) is 0 Å². The van der Waals surface area contributed by atoms with Gasteiger partial charge in [0.2, 0.25) is 5.91 Å². The third-order valence-electron chi connectivity index (χ3n) is 5.45. The molecule has 130 valence electrons. The maximum absolute atomic E-state index is 13.2. The van der Waals surface area contributed by atoms with Crippen LogP contribution < -0.4 is 9.64 Å². The van der Waals surface area contributed by atoms with E-state index in [4.69, 9.17) is 9.47 Å². The highest BCUT2D eigenvalue weighted by Gasteiger charge is 2.71. The van der Waals surface area contributed by atoms with Crippen LogP contribution in [0.25, 0.3) is 0 Å². The maximum atomic E-state index is 13.2. The second-order valence-electron chi connectivity index (χ2n) is 6.58. The Labute approximate surface area is 145 Å². The third kappa shape index (κ3) is 2.00. The van der Waals surface area contributed by atoms with E-state index in [1.54, 1.807) is 48.4 Å². The molecule has 3 heterocycles. The molecule has 0 saturated carbocycles. The van der Waals surface area contributed by atoms with Crippen LogP contribution in [-0.2, 0) is 14.3 Å². The Bertz CT molecular complexity index is 771. The molecule has 1 N–H and O–H groups in total. The van der Waals surface area contributed by atoms with Gasteiger partial charge in [-0.1, -0.05) is 18.2 Å². The van der Waals surface area contributed by atoms with Crippen LogP contribution in [0.5, 0.6) is 5.75 Å². The molecule has 0 aliphatic carbocycles. The summed E-state index contributed by atoms with van der Waals surface area (Å²) in [5.74, 6) is -2.09. The van der Waals surface area contributed by atoms with Gasteiger partial charge in [0.05, 0.1) is 25.2 Å². The van der Waals surface area contributed by atoms with Crippen LogP contribution in [0.1, 0.15) is 6.42 Å². The number of carboxylic acids is 1. The average molecular weight is 341 g/mol. The van der Waals surface area contributed by atoms with Crippen LogP contribution in [0.15, 0.2) is 49.1 Å². The molecule has 6 nitrogen and oxygen atoms in total. The Hall–Kier alpha value is -2.60. The first-order valence-electron chi connectivity index (χ1n) is 8.21. The van der Waals surface area contributed by atoms with Crippen LogP contribution in [0.2, 0.25) is 0 Å². The summed E-state index contributed by atoms with van der Waals surface area (Å²) < 4.78 is 11.2. The van der Waals surface area contributed by atoms with Gasteiger partial charge in [-0.2, -0.15) is 0 Å². The smallest absolute Gasteiger partial charge is 0.310 e. The first kappa shape index (κ1) is 15.9. The second kappa shape index (κ2) is 5.46. The lowest BCUT2D eigenvalue weighted by Gasteiger charge is -2.32. The van der Waals surface area contributed by atoms with Gasteiger partial charge in [-0.15, -0.1) is 6.58 Å². The Morgan fingerprint density at radius 1 is 1.44 bits per heavy atom. The van der Waals surface area contributed by atoms with E-state index in [1.807, 2.05) is 6.08 Å². The highest BCUT2D eigenvalue weighted by Crippen LogP contribution is 2.56. The highest BCUT2D eigenvalue weighted by molar-refractivity contribution is 6.03. The summed E-state index contributed by atoms with van der Waals surface area (Å²) in [7, 11) is 1.58. The fourth-order valence-corrected chi connectivity index (χ4v) is 4.43. The molecule has 0 aromatic heterocycles. The molecule has 4 rings (SSSR count). The number of hydrogen-bond acceptors (Lipinski definition) is 4. The van der Waals surface area contributed by atoms with E-state index in [9.17, 15) is 14.7 Å². The molecule has 3 aliphatic rings. The molecule has 5 atom stereocenters. The summed E-state index contributed by atoms with van der Waals surface area (Å²) in [5.41, 5.74) is -0.204. The number of fused-ring (bicyclic) bond motifs is 1. The van der Waals surface area contributed by atoms with E-state index in [0.717, 1.165) is 0 Å². The van der Waals surface area contributed by atoms with E-state index < -0.39 is 29.5 Å². The topological polar surface area (TPSA) is 76.1 Å². The standard InChI is InChI=1S/C19H19NO5/c1-3-4-14-19-10-9-13(25-19)15(18(22)23)16(19)17(21)20(14)11-5-7-12(24-2)8-6-11/h3,5-10,13-16H,1,4H2,2H3,(H,22,23)/t13-,14+,15+,16-,19-/m1/s1. The quantitative estimate of drug-likeness (QED) is 0.829. The fraction of sp³-hybridized carbons (Fsp3) is 0.368. The zero-order valence-corrected chi connectivity index (χ0v) is 13.8. The zero-order chi connectivity index (χ0) is 17.8. The fourth-order valence-electron chi connectivity index (χ4n) is 4.43. The molecule has 1 aromatic carbocycles. The summed E-state index contributed by atoms with van der Waals surface area (Å²) in [6.45, 7) is 3.80. The van der Waals surface area contributed by atoms with Crippen LogP contribution >= 0.6 is 0 Å². The number of hydrogen-bond donors (Lipinski definition) is 1. The minimum atomic E-state index is -0.997. The SMILES string of the molecule is C=CC[C@@H]1N(c2ccc(OC)cc2)C(=O)[C@H]2[C@@H](C(=O)O)[C@H]3C=C[C@@]12O3. The molecule has 1 spiro atoms. The molecule has 6 heteroatoms. The van der Waals surface area contributed by atoms with E-state index in [0.29, 0.717) is 17.9 Å². The predicted molar refractivity (Wildman–Crippen MR) is 90.4 cm³/mol. The lowest BCUT2D eigenvalue weighted by molar-refractivity contribution is -0.146. The molecule has 1 amide bonds. The van der Waals surface area contributed by atoms with Crippen molar-refractivity contribution in [1.29, 1.82) is 0 Å². The van der Waals surface area contributed by atoms with Crippen LogP contribution in [-0.4, -0.2) is 41.8 Å². The molecule has 25 heavy (non-hydrogen) atoms. The average Bonchev–Trinajstić information content (AvgIpc) is 3.24. The molecular weight excluding hydrogens is 322 g/mol. The predicted octanol–water partition coefficient (Wildman–Crippen LogP) is 2.01. The number of benzene rings is 1. The molecule has 2 bridgehead atoms. The summed E-state index contributed by atoms with van der Waals surface area (Å²) in [4.78, 5) is 26.6. The van der Waals surface area contributed by atoms with Gasteiger partial charge in [-0.25, -0.2) is 0 Å². The molecule has 0 unspecified atom stereocenters. The van der Waals surface area contributed by atoms with Crippen molar-refractivity contribution >= 4 is 17.6 Å². The van der Waals surface area contributed by atoms with Crippen molar-refractivity contribution in [1.82, 2.24) is 0 Å². The van der Waals surface area contributed by atoms with Crippen molar-refractivity contribution in [3.8, 4) is 5.75 Å². The van der Waals surface area contributed by atoms with E-state index in [2.05, 4.69) is 6.58 Å². The number of methoxy groups -OCH3 is 1. The largest absolute Gasteiger partial charge is 0.497 e. The van der Waals surface area contributed by atoms with E-state index in [-0.39, 0.29) is 11.9 Å². The van der Waals surface area contributed by atoms with Crippen LogP contribution in [0.3, 0.4) is 0 Å². The number of amides is 1. The van der Waals surface area contributed by atoms with Gasteiger partial charge in [-0.05, 0) is 30.7 Å². The number of anilines is 1. The van der Waals surface area contributed by atoms with Crippen molar-refractivity contribution < 1.29 is 24.2 Å². The number of aliphatic carboxylic acids is 1. The second-order valence-corrected chi connectivity index (χ2v) is 6.58. The number of carbonyl (C=O) groups is 2. The minimum absolute atomic E-state index is 0.212. The van der Waals surface area contributed by atoms with Gasteiger partial charge in [0, 0.05) is 5.69 Å². The molecule has 1 aromatic rings. The summed E-state index contributed by atoms with van der Waals surface area (Å²) in [5, 5.41) is 9.62. The van der Waals surface area contributed by atoms with Crippen LogP contribution in [0.4, 0.5) is 5.69 Å². The number of carboxylic acid groups (broad SMARTS) is 1. The molecule has 0 radical (unpaired) electrons. The van der Waals surface area contributed by atoms with Crippen molar-refractivity contribution in [3.05, 3.63) is 49.1 Å². The zero-order valence-electron chi connectivity index (χ0n) is 13.8.